The Labute approximate surface area is 211 Å². The number of piperidine rings is 1. The molecule has 5 nitrogen and oxygen atoms in total. The summed E-state index contributed by atoms with van der Waals surface area (Å²) in [7, 11) is 0. The number of hydrogen-bond donors (Lipinski definition) is 1. The largest absolute Gasteiger partial charge is 0.491 e. The van der Waals surface area contributed by atoms with Crippen LogP contribution in [0.3, 0.4) is 0 Å². The lowest BCUT2D eigenvalue weighted by molar-refractivity contribution is 0.0380. The van der Waals surface area contributed by atoms with Crippen molar-refractivity contribution in [1.82, 2.24) is 9.47 Å². The average molecular weight is 481 g/mol. The van der Waals surface area contributed by atoms with Gasteiger partial charge in [-0.05, 0) is 53.7 Å². The van der Waals surface area contributed by atoms with Crippen LogP contribution in [0.15, 0.2) is 41.2 Å². The number of fused-ring (bicyclic) bond motifs is 4. The number of hydrogen-bond acceptors (Lipinski definition) is 4. The first-order chi connectivity index (χ1) is 16.5. The lowest BCUT2D eigenvalue weighted by atomic mass is 9.76. The van der Waals surface area contributed by atoms with Crippen molar-refractivity contribution in [2.75, 3.05) is 26.2 Å². The summed E-state index contributed by atoms with van der Waals surface area (Å²) in [5, 5.41) is 10.9. The number of nitrogens with zero attached hydrogens (tertiary/aromatic N) is 2. The van der Waals surface area contributed by atoms with Crippen molar-refractivity contribution < 1.29 is 9.84 Å². The Morgan fingerprint density at radius 1 is 1.03 bits per heavy atom. The molecule has 2 bridgehead atoms. The lowest BCUT2D eigenvalue weighted by Gasteiger charge is -2.43. The fourth-order valence-corrected chi connectivity index (χ4v) is 5.68. The minimum Gasteiger partial charge on any atom is -0.491 e. The highest BCUT2D eigenvalue weighted by molar-refractivity contribution is 5.44. The molecule has 0 radical (unpaired) electrons. The SMILES string of the molecule is CCC(C)(C)c1ccc(OC[C@@H](O)CN2C[C@@H]3C[C@H](C2)c2cccc(=O)n2C3)c(C(C)(C)CC)c1. The molecule has 4 rings (SSSR count). The van der Waals surface area contributed by atoms with Crippen molar-refractivity contribution >= 4 is 0 Å². The Kier molecular flexibility index (Phi) is 7.49. The predicted molar refractivity (Wildman–Crippen MR) is 143 cm³/mol. The summed E-state index contributed by atoms with van der Waals surface area (Å²) in [5.41, 5.74) is 3.93. The van der Waals surface area contributed by atoms with Gasteiger partial charge in [0.15, 0.2) is 0 Å². The van der Waals surface area contributed by atoms with Gasteiger partial charge >= 0.3 is 0 Å². The molecule has 0 unspecified atom stereocenters. The van der Waals surface area contributed by atoms with Crippen LogP contribution in [-0.4, -0.2) is 46.9 Å². The number of aliphatic hydroxyl groups is 1. The molecule has 2 aromatic rings. The zero-order valence-electron chi connectivity index (χ0n) is 22.5. The molecule has 1 fully saturated rings. The van der Waals surface area contributed by atoms with E-state index in [9.17, 15) is 9.90 Å². The summed E-state index contributed by atoms with van der Waals surface area (Å²) in [4.78, 5) is 14.6. The van der Waals surface area contributed by atoms with Gasteiger partial charge in [-0.25, -0.2) is 0 Å². The van der Waals surface area contributed by atoms with E-state index in [-0.39, 0.29) is 23.0 Å². The van der Waals surface area contributed by atoms with Crippen LogP contribution in [-0.2, 0) is 17.4 Å². The van der Waals surface area contributed by atoms with Crippen molar-refractivity contribution in [3.8, 4) is 5.75 Å². The maximum atomic E-state index is 12.3. The van der Waals surface area contributed by atoms with E-state index in [4.69, 9.17) is 4.74 Å². The normalized spacial score (nSPS) is 21.5. The van der Waals surface area contributed by atoms with Crippen LogP contribution in [0.4, 0.5) is 0 Å². The third kappa shape index (κ3) is 5.51. The van der Waals surface area contributed by atoms with Gasteiger partial charge in [0.1, 0.15) is 18.5 Å². The van der Waals surface area contributed by atoms with Crippen molar-refractivity contribution in [2.45, 2.75) is 90.2 Å². The first-order valence-corrected chi connectivity index (χ1v) is 13.4. The number of benzene rings is 1. The standard InChI is InChI=1S/C30H44N2O3/c1-7-29(3,4)23-12-13-27(25(15-23)30(5,6)8-2)35-20-24(33)19-31-16-21-14-22(18-31)26-10-9-11-28(34)32(26)17-21/h9-13,15,21-22,24,33H,7-8,14,16-20H2,1-6H3/t21-,22+,24-/m0/s1. The number of aliphatic hydroxyl groups excluding tert-OH is 1. The number of pyridine rings is 1. The van der Waals surface area contributed by atoms with Gasteiger partial charge in [-0.15, -0.1) is 0 Å². The summed E-state index contributed by atoms with van der Waals surface area (Å²) in [5.74, 6) is 1.70. The van der Waals surface area contributed by atoms with Crippen LogP contribution in [0.25, 0.3) is 0 Å². The number of β-amino-alcohol motifs (C(OH)–C–C–N with tert-alkyl or cyclic N) is 1. The molecule has 2 aliphatic rings. The highest BCUT2D eigenvalue weighted by atomic mass is 16.5. The molecule has 35 heavy (non-hydrogen) atoms. The lowest BCUT2D eigenvalue weighted by Crippen LogP contribution is -2.49. The van der Waals surface area contributed by atoms with Crippen molar-refractivity contribution in [1.29, 1.82) is 0 Å². The van der Waals surface area contributed by atoms with Crippen LogP contribution >= 0.6 is 0 Å². The Bertz CT molecular complexity index is 1090. The van der Waals surface area contributed by atoms with Crippen molar-refractivity contribution in [2.24, 2.45) is 5.92 Å². The molecule has 1 saturated heterocycles. The topological polar surface area (TPSA) is 54.7 Å². The van der Waals surface area contributed by atoms with E-state index in [1.807, 2.05) is 10.6 Å². The minimum atomic E-state index is -0.559. The predicted octanol–water partition coefficient (Wildman–Crippen LogP) is 5.08. The molecule has 3 heterocycles. The molecule has 0 aliphatic carbocycles. The Morgan fingerprint density at radius 3 is 2.49 bits per heavy atom. The van der Waals surface area contributed by atoms with E-state index in [2.05, 4.69) is 70.7 Å². The monoisotopic (exact) mass is 480 g/mol. The number of ether oxygens (including phenoxy) is 1. The molecule has 5 heteroatoms. The maximum Gasteiger partial charge on any atom is 0.250 e. The quantitative estimate of drug-likeness (QED) is 0.544. The smallest absolute Gasteiger partial charge is 0.250 e. The number of likely N-dealkylation sites (tertiary alicyclic amines) is 1. The molecule has 192 valence electrons. The summed E-state index contributed by atoms with van der Waals surface area (Å²) < 4.78 is 8.23. The van der Waals surface area contributed by atoms with Crippen LogP contribution in [0.1, 0.15) is 83.5 Å². The Hall–Kier alpha value is -2.11. The van der Waals surface area contributed by atoms with Crippen LogP contribution in [0.5, 0.6) is 5.75 Å². The van der Waals surface area contributed by atoms with Gasteiger partial charge < -0.3 is 14.4 Å². The molecule has 2 aliphatic heterocycles. The minimum absolute atomic E-state index is 0.00406. The first-order valence-electron chi connectivity index (χ1n) is 13.4. The van der Waals surface area contributed by atoms with Gasteiger partial charge in [-0.2, -0.15) is 0 Å². The van der Waals surface area contributed by atoms with Crippen LogP contribution in [0, 0.1) is 5.92 Å². The van der Waals surface area contributed by atoms with Gasteiger partial charge in [-0.1, -0.05) is 59.7 Å². The fourth-order valence-electron chi connectivity index (χ4n) is 5.68. The van der Waals surface area contributed by atoms with Gasteiger partial charge in [0.25, 0.3) is 5.56 Å². The second kappa shape index (κ2) is 10.1. The zero-order valence-corrected chi connectivity index (χ0v) is 22.5. The van der Waals surface area contributed by atoms with Gasteiger partial charge in [0.2, 0.25) is 0 Å². The molecule has 1 aromatic heterocycles. The van der Waals surface area contributed by atoms with E-state index >= 15 is 0 Å². The van der Waals surface area contributed by atoms with Crippen molar-refractivity contribution in [3.05, 3.63) is 63.6 Å². The first kappa shape index (κ1) is 26.0. The summed E-state index contributed by atoms with van der Waals surface area (Å²) in [6.45, 7) is 17.0. The molecule has 0 spiro atoms. The Balaban J connectivity index is 1.43. The summed E-state index contributed by atoms with van der Waals surface area (Å²) in [6, 6.07) is 12.2. The highest BCUT2D eigenvalue weighted by Crippen LogP contribution is 2.39. The molecular formula is C30H44N2O3. The summed E-state index contributed by atoms with van der Waals surface area (Å²) in [6.07, 6.45) is 2.66. The van der Waals surface area contributed by atoms with Crippen LogP contribution < -0.4 is 10.3 Å². The second-order valence-corrected chi connectivity index (χ2v) is 12.1. The van der Waals surface area contributed by atoms with Crippen LogP contribution in [0.2, 0.25) is 0 Å². The summed E-state index contributed by atoms with van der Waals surface area (Å²) >= 11 is 0. The molecule has 3 atom stereocenters. The highest BCUT2D eigenvalue weighted by Gasteiger charge is 2.35. The Morgan fingerprint density at radius 2 is 1.77 bits per heavy atom. The maximum absolute atomic E-state index is 12.3. The van der Waals surface area contributed by atoms with Gasteiger partial charge in [0, 0.05) is 49.4 Å². The number of aromatic nitrogens is 1. The molecule has 0 saturated carbocycles. The molecule has 0 amide bonds. The van der Waals surface area contributed by atoms with E-state index in [0.717, 1.165) is 50.3 Å². The molecular weight excluding hydrogens is 436 g/mol. The molecule has 1 N–H and O–H groups in total. The second-order valence-electron chi connectivity index (χ2n) is 12.1. The zero-order chi connectivity index (χ0) is 25.4. The van der Waals surface area contributed by atoms with E-state index < -0.39 is 6.10 Å². The third-order valence-electron chi connectivity index (χ3n) is 8.71. The third-order valence-corrected chi connectivity index (χ3v) is 8.71. The van der Waals surface area contributed by atoms with Gasteiger partial charge in [-0.3, -0.25) is 9.69 Å². The van der Waals surface area contributed by atoms with E-state index in [0.29, 0.717) is 18.4 Å². The van der Waals surface area contributed by atoms with Crippen molar-refractivity contribution in [3.63, 3.8) is 0 Å². The fraction of sp³-hybridized carbons (Fsp3) is 0.633. The average Bonchev–Trinajstić information content (AvgIpc) is 2.83. The van der Waals surface area contributed by atoms with E-state index in [1.54, 1.807) is 6.07 Å². The van der Waals surface area contributed by atoms with Gasteiger partial charge in [0.05, 0.1) is 0 Å². The van der Waals surface area contributed by atoms with E-state index in [1.165, 1.54) is 11.1 Å². The molecule has 1 aromatic carbocycles. The number of rotatable bonds is 9.